The van der Waals surface area contributed by atoms with Gasteiger partial charge < -0.3 is 15.8 Å². The van der Waals surface area contributed by atoms with Crippen molar-refractivity contribution in [2.45, 2.75) is 19.4 Å². The lowest BCUT2D eigenvalue weighted by molar-refractivity contribution is 0.0311. The smallest absolute Gasteiger partial charge is 0.253 e. The second kappa shape index (κ2) is 5.73. The maximum absolute atomic E-state index is 12.6. The summed E-state index contributed by atoms with van der Waals surface area (Å²) < 4.78 is 0. The molecule has 1 amide bonds. The Morgan fingerprint density at radius 1 is 1.33 bits per heavy atom. The number of hydrogen-bond acceptors (Lipinski definition) is 4. The molecular weight excluding hydrogens is 268 g/mol. The van der Waals surface area contributed by atoms with E-state index in [2.05, 4.69) is 31.0 Å². The minimum absolute atomic E-state index is 0.00311. The van der Waals surface area contributed by atoms with Gasteiger partial charge in [0.05, 0.1) is 0 Å². The average Bonchev–Trinajstić information content (AvgIpc) is 2.48. The third-order valence-corrected chi connectivity index (χ3v) is 4.12. The van der Waals surface area contributed by atoms with Crippen LogP contribution in [0.2, 0.25) is 0 Å². The number of oxime groups is 1. The van der Waals surface area contributed by atoms with Gasteiger partial charge in [0.2, 0.25) is 0 Å². The number of piperazine rings is 1. The van der Waals surface area contributed by atoms with Gasteiger partial charge in [0.25, 0.3) is 5.91 Å². The zero-order valence-corrected chi connectivity index (χ0v) is 12.7. The highest BCUT2D eigenvalue weighted by Gasteiger charge is 2.33. The van der Waals surface area contributed by atoms with Gasteiger partial charge in [-0.05, 0) is 33.0 Å². The van der Waals surface area contributed by atoms with Gasteiger partial charge in [0.1, 0.15) is 0 Å². The third-order valence-electron chi connectivity index (χ3n) is 4.12. The van der Waals surface area contributed by atoms with Crippen LogP contribution in [0, 0.1) is 0 Å². The number of nitrogens with zero attached hydrogens (tertiary/aromatic N) is 3. The highest BCUT2D eigenvalue weighted by atomic mass is 16.4. The molecule has 0 bridgehead atoms. The first-order valence-electron chi connectivity index (χ1n) is 6.93. The summed E-state index contributed by atoms with van der Waals surface area (Å²) in [7, 11) is 2.07. The molecule has 0 aromatic heterocycles. The van der Waals surface area contributed by atoms with Crippen molar-refractivity contribution < 1.29 is 10.0 Å². The van der Waals surface area contributed by atoms with Gasteiger partial charge in [-0.1, -0.05) is 17.3 Å². The number of rotatable bonds is 2. The van der Waals surface area contributed by atoms with Crippen LogP contribution in [0.5, 0.6) is 0 Å². The normalized spacial score (nSPS) is 19.6. The van der Waals surface area contributed by atoms with Crippen LogP contribution in [0.25, 0.3) is 0 Å². The van der Waals surface area contributed by atoms with Gasteiger partial charge in [-0.3, -0.25) is 9.69 Å². The van der Waals surface area contributed by atoms with Gasteiger partial charge in [-0.25, -0.2) is 0 Å². The summed E-state index contributed by atoms with van der Waals surface area (Å²) in [5.41, 5.74) is 6.62. The summed E-state index contributed by atoms with van der Waals surface area (Å²) in [6.45, 7) is 6.47. The maximum Gasteiger partial charge on any atom is 0.253 e. The standard InChI is InChI=1S/C15H22N4O2/c1-15(2)10-19(8-7-18(15)3)14(20)12-6-4-5-11(9-12)13(16)17-21/h4-6,9,21H,7-8,10H2,1-3H3,(H2,16,17). The second-order valence-corrected chi connectivity index (χ2v) is 6.03. The minimum Gasteiger partial charge on any atom is -0.409 e. The molecule has 1 fully saturated rings. The van der Waals surface area contributed by atoms with E-state index in [0.29, 0.717) is 24.2 Å². The summed E-state index contributed by atoms with van der Waals surface area (Å²) in [5.74, 6) is -0.0212. The number of hydrogen-bond donors (Lipinski definition) is 2. The molecule has 6 heteroatoms. The van der Waals surface area contributed by atoms with Crippen molar-refractivity contribution in [3.63, 3.8) is 0 Å². The van der Waals surface area contributed by atoms with E-state index in [1.807, 2.05) is 4.90 Å². The topological polar surface area (TPSA) is 82.2 Å². The molecule has 0 spiro atoms. The van der Waals surface area contributed by atoms with Crippen LogP contribution in [-0.4, -0.2) is 59.0 Å². The van der Waals surface area contributed by atoms with E-state index in [0.717, 1.165) is 6.54 Å². The molecule has 114 valence electrons. The van der Waals surface area contributed by atoms with Crippen LogP contribution in [0.15, 0.2) is 29.4 Å². The number of carbonyl (C=O) groups excluding carboxylic acids is 1. The van der Waals surface area contributed by atoms with Crippen molar-refractivity contribution in [3.8, 4) is 0 Å². The van der Waals surface area contributed by atoms with Crippen LogP contribution in [0.1, 0.15) is 29.8 Å². The number of likely N-dealkylation sites (N-methyl/N-ethyl adjacent to an activating group) is 1. The Labute approximate surface area is 124 Å². The zero-order valence-electron chi connectivity index (χ0n) is 12.7. The quantitative estimate of drug-likeness (QED) is 0.368. The molecule has 0 atom stereocenters. The predicted octanol–water partition coefficient (Wildman–Crippen LogP) is 0.947. The Morgan fingerprint density at radius 3 is 2.62 bits per heavy atom. The lowest BCUT2D eigenvalue weighted by atomic mass is 9.99. The first-order chi connectivity index (χ1) is 9.85. The average molecular weight is 290 g/mol. The van der Waals surface area contributed by atoms with Gasteiger partial charge in [-0.2, -0.15) is 0 Å². The van der Waals surface area contributed by atoms with Crippen molar-refractivity contribution in [1.29, 1.82) is 0 Å². The number of amidine groups is 1. The highest BCUT2D eigenvalue weighted by Crippen LogP contribution is 2.20. The van der Waals surface area contributed by atoms with E-state index in [9.17, 15) is 4.79 Å². The van der Waals surface area contributed by atoms with Crippen LogP contribution in [0.4, 0.5) is 0 Å². The molecule has 1 aromatic rings. The summed E-state index contributed by atoms with van der Waals surface area (Å²) in [5, 5.41) is 11.7. The molecule has 0 radical (unpaired) electrons. The summed E-state index contributed by atoms with van der Waals surface area (Å²) >= 11 is 0. The van der Waals surface area contributed by atoms with Crippen LogP contribution >= 0.6 is 0 Å². The van der Waals surface area contributed by atoms with Gasteiger partial charge in [0, 0.05) is 36.3 Å². The van der Waals surface area contributed by atoms with E-state index in [4.69, 9.17) is 10.9 Å². The van der Waals surface area contributed by atoms with Gasteiger partial charge in [-0.15, -0.1) is 0 Å². The molecule has 1 heterocycles. The minimum atomic E-state index is -0.0445. The number of nitrogens with two attached hydrogens (primary N) is 1. The lowest BCUT2D eigenvalue weighted by Gasteiger charge is -2.45. The molecule has 21 heavy (non-hydrogen) atoms. The molecule has 0 saturated carbocycles. The van der Waals surface area contributed by atoms with Crippen molar-refractivity contribution >= 4 is 11.7 Å². The van der Waals surface area contributed by atoms with E-state index >= 15 is 0 Å². The monoisotopic (exact) mass is 290 g/mol. The molecule has 2 rings (SSSR count). The Bertz CT molecular complexity index is 569. The fourth-order valence-electron chi connectivity index (χ4n) is 2.47. The first kappa shape index (κ1) is 15.3. The van der Waals surface area contributed by atoms with E-state index in [-0.39, 0.29) is 17.3 Å². The number of carbonyl (C=O) groups is 1. The lowest BCUT2D eigenvalue weighted by Crippen LogP contribution is -2.58. The molecule has 1 aliphatic rings. The summed E-state index contributed by atoms with van der Waals surface area (Å²) in [6, 6.07) is 6.85. The number of benzene rings is 1. The Balaban J connectivity index is 2.21. The van der Waals surface area contributed by atoms with Crippen molar-refractivity contribution in [2.24, 2.45) is 10.9 Å². The third kappa shape index (κ3) is 3.16. The molecular formula is C15H22N4O2. The van der Waals surface area contributed by atoms with Crippen LogP contribution < -0.4 is 5.73 Å². The van der Waals surface area contributed by atoms with Gasteiger partial charge in [0.15, 0.2) is 5.84 Å². The molecule has 0 unspecified atom stereocenters. The zero-order chi connectivity index (χ0) is 15.6. The van der Waals surface area contributed by atoms with Crippen LogP contribution in [0.3, 0.4) is 0 Å². The van der Waals surface area contributed by atoms with E-state index in [1.165, 1.54) is 0 Å². The second-order valence-electron chi connectivity index (χ2n) is 6.03. The van der Waals surface area contributed by atoms with Crippen molar-refractivity contribution in [3.05, 3.63) is 35.4 Å². The Kier molecular flexibility index (Phi) is 4.18. The highest BCUT2D eigenvalue weighted by molar-refractivity contribution is 6.01. The molecule has 3 N–H and O–H groups in total. The SMILES string of the molecule is CN1CCN(C(=O)c2cccc(C(N)=NO)c2)CC1(C)C. The van der Waals surface area contributed by atoms with Crippen molar-refractivity contribution in [2.75, 3.05) is 26.7 Å². The molecule has 0 aliphatic carbocycles. The van der Waals surface area contributed by atoms with E-state index in [1.54, 1.807) is 24.3 Å². The summed E-state index contributed by atoms with van der Waals surface area (Å²) in [4.78, 5) is 16.7. The number of amides is 1. The maximum atomic E-state index is 12.6. The molecule has 1 saturated heterocycles. The fraction of sp³-hybridized carbons (Fsp3) is 0.467. The summed E-state index contributed by atoms with van der Waals surface area (Å²) in [6.07, 6.45) is 0. The largest absolute Gasteiger partial charge is 0.409 e. The fourth-order valence-corrected chi connectivity index (χ4v) is 2.47. The van der Waals surface area contributed by atoms with Crippen LogP contribution in [-0.2, 0) is 0 Å². The molecule has 1 aliphatic heterocycles. The predicted molar refractivity (Wildman–Crippen MR) is 81.6 cm³/mol. The van der Waals surface area contributed by atoms with Gasteiger partial charge >= 0.3 is 0 Å². The molecule has 6 nitrogen and oxygen atoms in total. The Hall–Kier alpha value is -2.08. The van der Waals surface area contributed by atoms with Crippen molar-refractivity contribution in [1.82, 2.24) is 9.80 Å². The van der Waals surface area contributed by atoms with E-state index < -0.39 is 0 Å². The Morgan fingerprint density at radius 2 is 2.00 bits per heavy atom. The first-order valence-corrected chi connectivity index (χ1v) is 6.93. The molecule has 1 aromatic carbocycles.